The minimum Gasteiger partial charge on any atom is -0.324 e. The Kier molecular flexibility index (Phi) is 5.16. The molecular weight excluding hydrogens is 359 g/mol. The van der Waals surface area contributed by atoms with Crippen molar-refractivity contribution in [1.82, 2.24) is 9.97 Å². The number of carbonyl (C=O) groups excluding carboxylic acids is 1. The lowest BCUT2D eigenvalue weighted by Crippen LogP contribution is -2.15. The summed E-state index contributed by atoms with van der Waals surface area (Å²) in [5.41, 5.74) is 2.53. The number of hydrogen-bond acceptors (Lipinski definition) is 4. The topological polar surface area (TPSA) is 66.9 Å². The molecule has 0 saturated carbocycles. The van der Waals surface area contributed by atoms with Gasteiger partial charge in [-0.3, -0.25) is 4.79 Å². The fourth-order valence-corrected chi connectivity index (χ4v) is 2.61. The first-order chi connectivity index (χ1) is 12.0. The molecule has 0 bridgehead atoms. The normalized spacial score (nSPS) is 10.4. The van der Waals surface area contributed by atoms with Gasteiger partial charge in [0.25, 0.3) is 5.91 Å². The average Bonchev–Trinajstić information content (AvgIpc) is 2.57. The molecule has 0 atom stereocenters. The molecule has 7 heteroatoms. The van der Waals surface area contributed by atoms with Crippen molar-refractivity contribution in [2.24, 2.45) is 0 Å². The molecule has 0 fully saturated rings. The maximum Gasteiger partial charge on any atom is 0.274 e. The highest BCUT2D eigenvalue weighted by atomic mass is 35.5. The Labute approximate surface area is 155 Å². The molecule has 1 aromatic heterocycles. The molecule has 25 heavy (non-hydrogen) atoms. The van der Waals surface area contributed by atoms with Crippen molar-refractivity contribution < 1.29 is 4.79 Å². The van der Waals surface area contributed by atoms with Crippen LogP contribution in [-0.2, 0) is 0 Å². The van der Waals surface area contributed by atoms with Crippen LogP contribution in [0.2, 0.25) is 10.0 Å². The Morgan fingerprint density at radius 2 is 1.84 bits per heavy atom. The van der Waals surface area contributed by atoms with Crippen LogP contribution in [0.25, 0.3) is 0 Å². The number of nitrogens with one attached hydrogen (secondary N) is 2. The highest BCUT2D eigenvalue weighted by molar-refractivity contribution is 6.31. The van der Waals surface area contributed by atoms with Gasteiger partial charge in [0, 0.05) is 27.6 Å². The predicted octanol–water partition coefficient (Wildman–Crippen LogP) is 5.09. The highest BCUT2D eigenvalue weighted by Crippen LogP contribution is 2.21. The van der Waals surface area contributed by atoms with E-state index in [9.17, 15) is 4.79 Å². The summed E-state index contributed by atoms with van der Waals surface area (Å²) in [4.78, 5) is 20.8. The van der Waals surface area contributed by atoms with Crippen LogP contribution in [0.3, 0.4) is 0 Å². The molecule has 2 aromatic carbocycles. The molecular formula is C18H14Cl2N4O. The van der Waals surface area contributed by atoms with Gasteiger partial charge in [0.1, 0.15) is 5.69 Å². The van der Waals surface area contributed by atoms with E-state index >= 15 is 0 Å². The summed E-state index contributed by atoms with van der Waals surface area (Å²) < 4.78 is 0. The number of nitrogens with zero attached hydrogens (tertiary/aromatic N) is 2. The van der Waals surface area contributed by atoms with Gasteiger partial charge in [-0.25, -0.2) is 9.97 Å². The quantitative estimate of drug-likeness (QED) is 0.669. The number of rotatable bonds is 4. The van der Waals surface area contributed by atoms with Crippen LogP contribution in [-0.4, -0.2) is 15.9 Å². The number of anilines is 3. The second-order valence-corrected chi connectivity index (χ2v) is 6.19. The number of amides is 1. The molecule has 0 aliphatic carbocycles. The van der Waals surface area contributed by atoms with Gasteiger partial charge in [-0.05, 0) is 55.0 Å². The van der Waals surface area contributed by atoms with Crippen molar-refractivity contribution >= 4 is 46.4 Å². The van der Waals surface area contributed by atoms with Gasteiger partial charge in [0.15, 0.2) is 0 Å². The van der Waals surface area contributed by atoms with Crippen LogP contribution in [0.1, 0.15) is 16.1 Å². The average molecular weight is 373 g/mol. The van der Waals surface area contributed by atoms with E-state index in [-0.39, 0.29) is 11.6 Å². The molecule has 1 heterocycles. The summed E-state index contributed by atoms with van der Waals surface area (Å²) >= 11 is 11.9. The number of halogens is 2. The van der Waals surface area contributed by atoms with Gasteiger partial charge >= 0.3 is 0 Å². The second kappa shape index (κ2) is 7.51. The monoisotopic (exact) mass is 372 g/mol. The van der Waals surface area contributed by atoms with Crippen molar-refractivity contribution in [3.05, 3.63) is 76.0 Å². The molecule has 0 saturated heterocycles. The van der Waals surface area contributed by atoms with Gasteiger partial charge in [0.05, 0.1) is 0 Å². The largest absolute Gasteiger partial charge is 0.324 e. The van der Waals surface area contributed by atoms with Crippen LogP contribution in [0.4, 0.5) is 17.3 Å². The van der Waals surface area contributed by atoms with E-state index in [1.807, 2.05) is 19.1 Å². The van der Waals surface area contributed by atoms with E-state index in [2.05, 4.69) is 20.6 Å². The molecule has 0 spiro atoms. The van der Waals surface area contributed by atoms with Crippen LogP contribution in [0, 0.1) is 6.92 Å². The number of aryl methyl sites for hydroxylation is 1. The second-order valence-electron chi connectivity index (χ2n) is 5.31. The standard InChI is InChI=1S/C18H14Cl2N4O/c1-11-9-13(20)5-6-15(11)23-17(25)16-7-8-21-18(24-16)22-14-4-2-3-12(19)10-14/h2-10H,1H3,(H,23,25)(H,21,22,24). The molecule has 0 aliphatic rings. The SMILES string of the molecule is Cc1cc(Cl)ccc1NC(=O)c1ccnc(Nc2cccc(Cl)c2)n1. The van der Waals surface area contributed by atoms with Crippen LogP contribution in [0.5, 0.6) is 0 Å². The Bertz CT molecular complexity index is 930. The van der Waals surface area contributed by atoms with Gasteiger partial charge in [-0.15, -0.1) is 0 Å². The third kappa shape index (κ3) is 4.47. The maximum atomic E-state index is 12.4. The zero-order valence-corrected chi connectivity index (χ0v) is 14.8. The molecule has 3 aromatic rings. The predicted molar refractivity (Wildman–Crippen MR) is 101 cm³/mol. The third-order valence-corrected chi connectivity index (χ3v) is 3.88. The summed E-state index contributed by atoms with van der Waals surface area (Å²) in [6.45, 7) is 1.87. The summed E-state index contributed by atoms with van der Waals surface area (Å²) in [5.74, 6) is -0.0234. The van der Waals surface area contributed by atoms with Crippen molar-refractivity contribution in [1.29, 1.82) is 0 Å². The summed E-state index contributed by atoms with van der Waals surface area (Å²) in [6.07, 6.45) is 1.52. The smallest absolute Gasteiger partial charge is 0.274 e. The summed E-state index contributed by atoms with van der Waals surface area (Å²) in [5, 5.41) is 7.05. The zero-order chi connectivity index (χ0) is 17.8. The summed E-state index contributed by atoms with van der Waals surface area (Å²) in [6, 6.07) is 14.0. The van der Waals surface area contributed by atoms with Crippen molar-refractivity contribution in [3.8, 4) is 0 Å². The molecule has 0 radical (unpaired) electrons. The highest BCUT2D eigenvalue weighted by Gasteiger charge is 2.11. The number of carbonyl (C=O) groups is 1. The van der Waals surface area contributed by atoms with Crippen molar-refractivity contribution in [3.63, 3.8) is 0 Å². The first-order valence-electron chi connectivity index (χ1n) is 7.44. The van der Waals surface area contributed by atoms with Gasteiger partial charge in [-0.2, -0.15) is 0 Å². The lowest BCUT2D eigenvalue weighted by atomic mass is 10.2. The molecule has 5 nitrogen and oxygen atoms in total. The zero-order valence-electron chi connectivity index (χ0n) is 13.3. The fourth-order valence-electron chi connectivity index (χ4n) is 2.19. The molecule has 126 valence electrons. The van der Waals surface area contributed by atoms with E-state index in [4.69, 9.17) is 23.2 Å². The fraction of sp³-hybridized carbons (Fsp3) is 0.0556. The Morgan fingerprint density at radius 1 is 1.04 bits per heavy atom. The van der Waals surface area contributed by atoms with Crippen LogP contribution >= 0.6 is 23.2 Å². The Morgan fingerprint density at radius 3 is 2.60 bits per heavy atom. The lowest BCUT2D eigenvalue weighted by molar-refractivity contribution is 0.102. The Hall–Kier alpha value is -2.63. The van der Waals surface area contributed by atoms with Gasteiger partial charge in [-0.1, -0.05) is 29.3 Å². The van der Waals surface area contributed by atoms with E-state index in [0.29, 0.717) is 21.7 Å². The first-order valence-corrected chi connectivity index (χ1v) is 8.20. The molecule has 2 N–H and O–H groups in total. The first kappa shape index (κ1) is 17.2. The minimum atomic E-state index is -0.332. The van der Waals surface area contributed by atoms with Crippen LogP contribution < -0.4 is 10.6 Å². The minimum absolute atomic E-state index is 0.244. The molecule has 0 unspecified atom stereocenters. The molecule has 1 amide bonds. The van der Waals surface area contributed by atoms with E-state index < -0.39 is 0 Å². The Balaban J connectivity index is 1.77. The van der Waals surface area contributed by atoms with Crippen LogP contribution in [0.15, 0.2) is 54.7 Å². The maximum absolute atomic E-state index is 12.4. The molecule has 0 aliphatic heterocycles. The lowest BCUT2D eigenvalue weighted by Gasteiger charge is -2.09. The van der Waals surface area contributed by atoms with Gasteiger partial charge in [0.2, 0.25) is 5.95 Å². The van der Waals surface area contributed by atoms with Gasteiger partial charge < -0.3 is 10.6 Å². The van der Waals surface area contributed by atoms with Crippen molar-refractivity contribution in [2.45, 2.75) is 6.92 Å². The van der Waals surface area contributed by atoms with E-state index in [1.54, 1.807) is 36.4 Å². The van der Waals surface area contributed by atoms with Crippen molar-refractivity contribution in [2.75, 3.05) is 10.6 Å². The number of hydrogen-bond donors (Lipinski definition) is 2. The van der Waals surface area contributed by atoms with E-state index in [1.165, 1.54) is 6.20 Å². The summed E-state index contributed by atoms with van der Waals surface area (Å²) in [7, 11) is 0. The molecule has 3 rings (SSSR count). The number of benzene rings is 2. The third-order valence-electron chi connectivity index (χ3n) is 3.41. The van der Waals surface area contributed by atoms with E-state index in [0.717, 1.165) is 11.3 Å². The number of aromatic nitrogens is 2.